The number of carbonyl (C=O) groups excluding carboxylic acids is 1. The molecular formula is C28H29N5O3. The van der Waals surface area contributed by atoms with E-state index in [1.165, 1.54) is 11.1 Å². The lowest BCUT2D eigenvalue weighted by molar-refractivity contribution is -0.115. The number of carbonyl (C=O) groups is 1. The van der Waals surface area contributed by atoms with Gasteiger partial charge in [0.05, 0.1) is 32.7 Å². The van der Waals surface area contributed by atoms with Gasteiger partial charge in [0.25, 0.3) is 5.95 Å². The zero-order valence-electron chi connectivity index (χ0n) is 20.6. The molecule has 8 heteroatoms. The number of ether oxygens (including phenoxy) is 2. The van der Waals surface area contributed by atoms with E-state index in [-0.39, 0.29) is 30.4 Å². The molecule has 184 valence electrons. The van der Waals surface area contributed by atoms with Gasteiger partial charge in [0.15, 0.2) is 11.5 Å². The van der Waals surface area contributed by atoms with Crippen LogP contribution in [0.5, 0.6) is 11.5 Å². The molecule has 5 rings (SSSR count). The zero-order chi connectivity index (χ0) is 25.1. The largest absolute Gasteiger partial charge is 0.493 e. The number of methoxy groups -OCH3 is 2. The van der Waals surface area contributed by atoms with Crippen molar-refractivity contribution in [3.05, 3.63) is 95.1 Å². The van der Waals surface area contributed by atoms with E-state index < -0.39 is 0 Å². The lowest BCUT2D eigenvalue weighted by Crippen LogP contribution is -2.28. The van der Waals surface area contributed by atoms with Crippen LogP contribution in [0.15, 0.2) is 72.8 Å². The summed E-state index contributed by atoms with van der Waals surface area (Å²) >= 11 is 0. The fraction of sp³-hybridized carbons (Fsp3) is 0.250. The van der Waals surface area contributed by atoms with Crippen molar-refractivity contribution >= 4 is 17.8 Å². The number of nitrogens with one attached hydrogen (secondary N) is 2. The number of hydrogen-bond donors (Lipinski definition) is 2. The number of rotatable bonds is 7. The van der Waals surface area contributed by atoms with Crippen molar-refractivity contribution in [1.82, 2.24) is 14.8 Å². The maximum absolute atomic E-state index is 12.8. The number of amides is 1. The summed E-state index contributed by atoms with van der Waals surface area (Å²) < 4.78 is 12.5. The Labute approximate surface area is 210 Å². The van der Waals surface area contributed by atoms with Crippen LogP contribution in [0.2, 0.25) is 0 Å². The molecule has 8 nitrogen and oxygen atoms in total. The molecule has 1 aliphatic rings. The van der Waals surface area contributed by atoms with Crippen LogP contribution >= 0.6 is 0 Å². The van der Waals surface area contributed by atoms with Crippen molar-refractivity contribution in [2.75, 3.05) is 24.9 Å². The van der Waals surface area contributed by atoms with Crippen molar-refractivity contribution in [3.63, 3.8) is 0 Å². The Morgan fingerprint density at radius 1 is 1.00 bits per heavy atom. The minimum Gasteiger partial charge on any atom is -0.493 e. The summed E-state index contributed by atoms with van der Waals surface area (Å²) in [6.07, 6.45) is 0.966. The van der Waals surface area contributed by atoms with Crippen LogP contribution < -0.4 is 20.1 Å². The summed E-state index contributed by atoms with van der Waals surface area (Å²) in [7, 11) is 3.15. The molecule has 1 aliphatic heterocycles. The van der Waals surface area contributed by atoms with Gasteiger partial charge in [0.1, 0.15) is 0 Å². The van der Waals surface area contributed by atoms with Crippen molar-refractivity contribution in [3.8, 4) is 11.5 Å². The van der Waals surface area contributed by atoms with Crippen molar-refractivity contribution in [2.45, 2.75) is 31.8 Å². The highest BCUT2D eigenvalue weighted by Crippen LogP contribution is 2.38. The number of aromatic nitrogens is 3. The summed E-state index contributed by atoms with van der Waals surface area (Å²) in [5.41, 5.74) is 4.34. The Kier molecular flexibility index (Phi) is 6.58. The van der Waals surface area contributed by atoms with E-state index in [0.29, 0.717) is 17.4 Å². The molecule has 0 radical (unpaired) electrons. The van der Waals surface area contributed by atoms with Crippen molar-refractivity contribution in [2.24, 2.45) is 0 Å². The first-order valence-corrected chi connectivity index (χ1v) is 11.9. The minimum atomic E-state index is -0.211. The van der Waals surface area contributed by atoms with E-state index in [1.807, 2.05) is 28.9 Å². The second-order valence-electron chi connectivity index (χ2n) is 8.89. The van der Waals surface area contributed by atoms with Crippen LogP contribution in [-0.2, 0) is 11.2 Å². The Balaban J connectivity index is 1.39. The number of anilines is 2. The average molecular weight is 484 g/mol. The van der Waals surface area contributed by atoms with E-state index in [0.717, 1.165) is 17.5 Å². The minimum absolute atomic E-state index is 0.0175. The summed E-state index contributed by atoms with van der Waals surface area (Å²) in [5.74, 6) is 1.88. The predicted molar refractivity (Wildman–Crippen MR) is 139 cm³/mol. The second kappa shape index (κ2) is 10.1. The number of aryl methyl sites for hydroxylation is 1. The first kappa shape index (κ1) is 23.4. The van der Waals surface area contributed by atoms with Crippen LogP contribution in [0.3, 0.4) is 0 Å². The van der Waals surface area contributed by atoms with Gasteiger partial charge in [-0.2, -0.15) is 4.98 Å². The number of benzene rings is 3. The summed E-state index contributed by atoms with van der Waals surface area (Å²) in [6.45, 7) is 2.08. The highest BCUT2D eigenvalue weighted by Gasteiger charge is 2.31. The SMILES string of the molecule is COc1ccc(CC(=O)Nc2nc3n(n2)C(c2ccc(C)cc2)CC(c2ccccc2)N3)cc1OC. The molecule has 1 amide bonds. The maximum Gasteiger partial charge on any atom is 0.250 e. The van der Waals surface area contributed by atoms with Crippen LogP contribution in [0.1, 0.15) is 40.8 Å². The zero-order valence-corrected chi connectivity index (χ0v) is 20.6. The van der Waals surface area contributed by atoms with Gasteiger partial charge in [-0.15, -0.1) is 5.10 Å². The van der Waals surface area contributed by atoms with Crippen LogP contribution in [0.25, 0.3) is 0 Å². The molecule has 2 unspecified atom stereocenters. The van der Waals surface area contributed by atoms with E-state index in [9.17, 15) is 4.79 Å². The lowest BCUT2D eigenvalue weighted by Gasteiger charge is -2.31. The van der Waals surface area contributed by atoms with Gasteiger partial charge in [-0.05, 0) is 42.2 Å². The van der Waals surface area contributed by atoms with E-state index >= 15 is 0 Å². The lowest BCUT2D eigenvalue weighted by atomic mass is 9.93. The van der Waals surface area contributed by atoms with Gasteiger partial charge in [0, 0.05) is 0 Å². The molecule has 3 aromatic carbocycles. The summed E-state index contributed by atoms with van der Waals surface area (Å²) in [6, 6.07) is 24.3. The normalized spacial score (nSPS) is 16.5. The third-order valence-electron chi connectivity index (χ3n) is 6.42. The monoisotopic (exact) mass is 483 g/mol. The average Bonchev–Trinajstić information content (AvgIpc) is 3.31. The number of fused-ring (bicyclic) bond motifs is 1. The second-order valence-corrected chi connectivity index (χ2v) is 8.89. The fourth-order valence-corrected chi connectivity index (χ4v) is 4.55. The molecule has 0 fully saturated rings. The quantitative estimate of drug-likeness (QED) is 0.387. The Morgan fingerprint density at radius 3 is 2.47 bits per heavy atom. The van der Waals surface area contributed by atoms with E-state index in [2.05, 4.69) is 64.0 Å². The van der Waals surface area contributed by atoms with E-state index in [4.69, 9.17) is 9.47 Å². The molecule has 4 aromatic rings. The first-order valence-electron chi connectivity index (χ1n) is 11.9. The first-order chi connectivity index (χ1) is 17.5. The highest BCUT2D eigenvalue weighted by molar-refractivity contribution is 5.90. The third kappa shape index (κ3) is 4.88. The summed E-state index contributed by atoms with van der Waals surface area (Å²) in [4.78, 5) is 17.5. The molecule has 0 bridgehead atoms. The molecular weight excluding hydrogens is 454 g/mol. The van der Waals surface area contributed by atoms with Crippen LogP contribution in [0.4, 0.5) is 11.9 Å². The van der Waals surface area contributed by atoms with Gasteiger partial charge in [-0.1, -0.05) is 66.2 Å². The van der Waals surface area contributed by atoms with Gasteiger partial charge in [-0.3, -0.25) is 10.1 Å². The Morgan fingerprint density at radius 2 is 1.75 bits per heavy atom. The fourth-order valence-electron chi connectivity index (χ4n) is 4.55. The molecule has 2 atom stereocenters. The van der Waals surface area contributed by atoms with Gasteiger partial charge >= 0.3 is 0 Å². The van der Waals surface area contributed by atoms with Crippen LogP contribution in [-0.4, -0.2) is 34.9 Å². The van der Waals surface area contributed by atoms with Gasteiger partial charge in [-0.25, -0.2) is 4.68 Å². The molecule has 0 aliphatic carbocycles. The number of nitrogens with zero attached hydrogens (tertiary/aromatic N) is 3. The maximum atomic E-state index is 12.8. The smallest absolute Gasteiger partial charge is 0.250 e. The molecule has 0 saturated heterocycles. The number of hydrogen-bond acceptors (Lipinski definition) is 6. The molecule has 2 heterocycles. The highest BCUT2D eigenvalue weighted by atomic mass is 16.5. The van der Waals surface area contributed by atoms with Crippen LogP contribution in [0, 0.1) is 6.92 Å². The summed E-state index contributed by atoms with van der Waals surface area (Å²) in [5, 5.41) is 11.0. The van der Waals surface area contributed by atoms with Gasteiger partial charge in [0.2, 0.25) is 11.9 Å². The van der Waals surface area contributed by atoms with Crippen molar-refractivity contribution in [1.29, 1.82) is 0 Å². The van der Waals surface area contributed by atoms with Crippen molar-refractivity contribution < 1.29 is 14.3 Å². The van der Waals surface area contributed by atoms with Gasteiger partial charge < -0.3 is 14.8 Å². The predicted octanol–water partition coefficient (Wildman–Crippen LogP) is 4.93. The third-order valence-corrected chi connectivity index (χ3v) is 6.42. The Hall–Kier alpha value is -4.33. The van der Waals surface area contributed by atoms with E-state index in [1.54, 1.807) is 26.4 Å². The molecule has 2 N–H and O–H groups in total. The molecule has 0 saturated carbocycles. The standard InChI is InChI=1S/C28H29N5O3/c1-18-9-12-21(13-10-18)23-17-22(20-7-5-4-6-8-20)29-28-31-27(32-33(23)28)30-26(34)16-19-11-14-24(35-2)25(15-19)36-3/h4-15,22-23H,16-17H2,1-3H3,(H2,29,30,31,32,34). The molecule has 36 heavy (non-hydrogen) atoms. The molecule has 1 aromatic heterocycles. The molecule has 0 spiro atoms. The topological polar surface area (TPSA) is 90.3 Å². The Bertz CT molecular complexity index is 1350.